The normalized spacial score (nSPS) is 28.2. The molecular weight excluding hydrogens is 278 g/mol. The van der Waals surface area contributed by atoms with Gasteiger partial charge >= 0.3 is 0 Å². The molecule has 3 N–H and O–H groups in total. The quantitative estimate of drug-likeness (QED) is 0.753. The van der Waals surface area contributed by atoms with Gasteiger partial charge in [0.2, 0.25) is 5.91 Å². The molecule has 1 saturated carbocycles. The lowest BCUT2D eigenvalue weighted by atomic mass is 9.86. The second kappa shape index (κ2) is 5.25. The van der Waals surface area contributed by atoms with Crippen molar-refractivity contribution in [3.63, 3.8) is 0 Å². The van der Waals surface area contributed by atoms with Crippen molar-refractivity contribution >= 4 is 16.8 Å². The maximum Gasteiger partial charge on any atom is 0.242 e. The number of pyridine rings is 1. The van der Waals surface area contributed by atoms with Crippen LogP contribution in [-0.4, -0.2) is 28.1 Å². The summed E-state index contributed by atoms with van der Waals surface area (Å²) in [7, 11) is 0. The second-order valence-electron chi connectivity index (χ2n) is 6.18. The number of rotatable bonds is 1. The number of aromatic hydroxyl groups is 1. The predicted octanol–water partition coefficient (Wildman–Crippen LogP) is 2.01. The molecule has 1 aromatic carbocycles. The van der Waals surface area contributed by atoms with Gasteiger partial charge in [0.25, 0.3) is 0 Å². The lowest BCUT2D eigenvalue weighted by molar-refractivity contribution is -0.127. The molecule has 1 saturated heterocycles. The lowest BCUT2D eigenvalue weighted by Gasteiger charge is -2.40. The number of nitrogens with one attached hydrogen (secondary N) is 2. The third kappa shape index (κ3) is 2.13. The van der Waals surface area contributed by atoms with Crippen LogP contribution in [0.3, 0.4) is 0 Å². The van der Waals surface area contributed by atoms with E-state index in [0.717, 1.165) is 18.2 Å². The van der Waals surface area contributed by atoms with Crippen LogP contribution in [0.15, 0.2) is 30.5 Å². The van der Waals surface area contributed by atoms with E-state index in [-0.39, 0.29) is 23.7 Å². The van der Waals surface area contributed by atoms with Crippen LogP contribution >= 0.6 is 0 Å². The van der Waals surface area contributed by atoms with Crippen molar-refractivity contribution in [3.05, 3.63) is 36.0 Å². The highest BCUT2D eigenvalue weighted by Gasteiger charge is 2.38. The number of phenolic OH excluding ortho intramolecular Hbond substituents is 1. The van der Waals surface area contributed by atoms with Gasteiger partial charge in [0, 0.05) is 29.2 Å². The molecule has 2 aliphatic rings. The summed E-state index contributed by atoms with van der Waals surface area (Å²) < 4.78 is 0. The second-order valence-corrected chi connectivity index (χ2v) is 6.18. The molecule has 0 bridgehead atoms. The van der Waals surface area contributed by atoms with Crippen molar-refractivity contribution in [2.24, 2.45) is 0 Å². The molecule has 2 fully saturated rings. The minimum absolute atomic E-state index is 0.0614. The van der Waals surface area contributed by atoms with Crippen LogP contribution < -0.4 is 10.6 Å². The number of phenols is 1. The number of amides is 1. The summed E-state index contributed by atoms with van der Waals surface area (Å²) in [6.45, 7) is 0. The zero-order chi connectivity index (χ0) is 15.1. The van der Waals surface area contributed by atoms with E-state index in [1.165, 1.54) is 12.8 Å². The van der Waals surface area contributed by atoms with Crippen molar-refractivity contribution < 1.29 is 9.90 Å². The Hall–Kier alpha value is -2.14. The summed E-state index contributed by atoms with van der Waals surface area (Å²) in [5.41, 5.74) is 1.15. The number of hydrogen-bond donors (Lipinski definition) is 3. The number of nitrogens with zero attached hydrogens (tertiary/aromatic N) is 1. The Labute approximate surface area is 128 Å². The van der Waals surface area contributed by atoms with Crippen LogP contribution in [0.25, 0.3) is 10.9 Å². The fourth-order valence-electron chi connectivity index (χ4n) is 3.67. The molecule has 1 amide bonds. The van der Waals surface area contributed by atoms with E-state index >= 15 is 0 Å². The molecule has 4 rings (SSSR count). The van der Waals surface area contributed by atoms with Crippen molar-refractivity contribution in [1.29, 1.82) is 0 Å². The highest BCUT2D eigenvalue weighted by molar-refractivity contribution is 5.90. The van der Waals surface area contributed by atoms with E-state index in [1.807, 2.05) is 24.3 Å². The smallest absolute Gasteiger partial charge is 0.242 e. The molecule has 5 heteroatoms. The summed E-state index contributed by atoms with van der Waals surface area (Å²) >= 11 is 0. The SMILES string of the molecule is O=C1N[C@H]2CCCC[C@@H]2NC1c1ccc2cccnc2c1O. The highest BCUT2D eigenvalue weighted by atomic mass is 16.3. The summed E-state index contributed by atoms with van der Waals surface area (Å²) in [6.07, 6.45) is 6.09. The van der Waals surface area contributed by atoms with Crippen LogP contribution in [-0.2, 0) is 4.79 Å². The molecule has 1 unspecified atom stereocenters. The Morgan fingerprint density at radius 3 is 2.82 bits per heavy atom. The third-order valence-electron chi connectivity index (χ3n) is 4.83. The third-order valence-corrected chi connectivity index (χ3v) is 4.83. The molecule has 2 heterocycles. The largest absolute Gasteiger partial charge is 0.505 e. The summed E-state index contributed by atoms with van der Waals surface area (Å²) in [5.74, 6) is 0.0359. The Morgan fingerprint density at radius 1 is 1.14 bits per heavy atom. The molecule has 1 aromatic heterocycles. The molecule has 1 aliphatic heterocycles. The number of aromatic nitrogens is 1. The monoisotopic (exact) mass is 297 g/mol. The lowest BCUT2D eigenvalue weighted by Crippen LogP contribution is -2.61. The van der Waals surface area contributed by atoms with Crippen LogP contribution in [0.1, 0.15) is 37.3 Å². The van der Waals surface area contributed by atoms with Gasteiger partial charge in [-0.3, -0.25) is 15.1 Å². The van der Waals surface area contributed by atoms with Crippen molar-refractivity contribution in [3.8, 4) is 5.75 Å². The average Bonchev–Trinajstić information content (AvgIpc) is 2.55. The first-order valence-electron chi connectivity index (χ1n) is 7.87. The highest BCUT2D eigenvalue weighted by Crippen LogP contribution is 2.34. The summed E-state index contributed by atoms with van der Waals surface area (Å²) in [5, 5.41) is 17.9. The van der Waals surface area contributed by atoms with Crippen molar-refractivity contribution in [2.45, 2.75) is 43.8 Å². The molecule has 5 nitrogen and oxygen atoms in total. The maximum absolute atomic E-state index is 12.4. The Bertz CT molecular complexity index is 731. The van der Waals surface area contributed by atoms with Gasteiger partial charge in [0.05, 0.1) is 0 Å². The summed E-state index contributed by atoms with van der Waals surface area (Å²) in [6, 6.07) is 7.45. The molecule has 2 aromatic rings. The minimum atomic E-state index is -0.509. The van der Waals surface area contributed by atoms with E-state index in [2.05, 4.69) is 15.6 Å². The Balaban J connectivity index is 1.71. The molecule has 1 aliphatic carbocycles. The number of hydrogen-bond acceptors (Lipinski definition) is 4. The summed E-state index contributed by atoms with van der Waals surface area (Å²) in [4.78, 5) is 16.7. The fraction of sp³-hybridized carbons (Fsp3) is 0.412. The number of fused-ring (bicyclic) bond motifs is 2. The molecular formula is C17H19N3O2. The Morgan fingerprint density at radius 2 is 1.95 bits per heavy atom. The first kappa shape index (κ1) is 13.5. The fourth-order valence-corrected chi connectivity index (χ4v) is 3.67. The van der Waals surface area contributed by atoms with Crippen molar-refractivity contribution in [1.82, 2.24) is 15.6 Å². The minimum Gasteiger partial charge on any atom is -0.505 e. The van der Waals surface area contributed by atoms with Crippen LogP contribution in [0.4, 0.5) is 0 Å². The first-order valence-corrected chi connectivity index (χ1v) is 7.87. The Kier molecular flexibility index (Phi) is 3.22. The van der Waals surface area contributed by atoms with E-state index in [0.29, 0.717) is 11.1 Å². The van der Waals surface area contributed by atoms with E-state index in [4.69, 9.17) is 0 Å². The average molecular weight is 297 g/mol. The molecule has 114 valence electrons. The van der Waals surface area contributed by atoms with Gasteiger partial charge in [-0.15, -0.1) is 0 Å². The molecule has 3 atom stereocenters. The van der Waals surface area contributed by atoms with Gasteiger partial charge < -0.3 is 10.4 Å². The van der Waals surface area contributed by atoms with Gasteiger partial charge in [0.1, 0.15) is 17.3 Å². The van der Waals surface area contributed by atoms with Gasteiger partial charge in [0.15, 0.2) is 0 Å². The number of benzene rings is 1. The molecule has 0 spiro atoms. The van der Waals surface area contributed by atoms with E-state index in [9.17, 15) is 9.90 Å². The zero-order valence-electron chi connectivity index (χ0n) is 12.2. The number of carbonyl (C=O) groups is 1. The maximum atomic E-state index is 12.4. The van der Waals surface area contributed by atoms with Crippen LogP contribution in [0, 0.1) is 0 Å². The van der Waals surface area contributed by atoms with Crippen LogP contribution in [0.2, 0.25) is 0 Å². The topological polar surface area (TPSA) is 74.2 Å². The zero-order valence-corrected chi connectivity index (χ0v) is 12.2. The van der Waals surface area contributed by atoms with E-state index in [1.54, 1.807) is 6.20 Å². The number of carbonyl (C=O) groups excluding carboxylic acids is 1. The number of piperazine rings is 1. The first-order chi connectivity index (χ1) is 10.7. The van der Waals surface area contributed by atoms with Gasteiger partial charge in [-0.1, -0.05) is 31.0 Å². The van der Waals surface area contributed by atoms with Crippen LogP contribution in [0.5, 0.6) is 5.75 Å². The molecule has 0 radical (unpaired) electrons. The van der Waals surface area contributed by atoms with E-state index < -0.39 is 6.04 Å². The molecule has 22 heavy (non-hydrogen) atoms. The van der Waals surface area contributed by atoms with Gasteiger partial charge in [-0.05, 0) is 18.9 Å². The van der Waals surface area contributed by atoms with Gasteiger partial charge in [-0.25, -0.2) is 0 Å². The standard InChI is InChI=1S/C17H19N3O2/c21-16-11(8-7-10-4-3-9-18-14(10)16)15-17(22)20-13-6-2-1-5-12(13)19-15/h3-4,7-9,12-13,15,19,21H,1-2,5-6H2,(H,20,22)/t12-,13-,15?/m0/s1. The van der Waals surface area contributed by atoms with Crippen molar-refractivity contribution in [2.75, 3.05) is 0 Å². The predicted molar refractivity (Wildman–Crippen MR) is 83.5 cm³/mol. The van der Waals surface area contributed by atoms with Gasteiger partial charge in [-0.2, -0.15) is 0 Å².